The van der Waals surface area contributed by atoms with Gasteiger partial charge < -0.3 is 25.4 Å². The van der Waals surface area contributed by atoms with Crippen LogP contribution in [0.3, 0.4) is 0 Å². The molecule has 0 saturated carbocycles. The molecule has 1 aliphatic heterocycles. The van der Waals surface area contributed by atoms with E-state index in [0.717, 1.165) is 12.1 Å². The second-order valence-corrected chi connectivity index (χ2v) is 6.04. The summed E-state index contributed by atoms with van der Waals surface area (Å²) < 4.78 is 10.5. The van der Waals surface area contributed by atoms with Crippen molar-refractivity contribution in [3.8, 4) is 11.5 Å². The van der Waals surface area contributed by atoms with E-state index in [1.807, 2.05) is 0 Å². The molecule has 0 saturated heterocycles. The molecule has 13 nitrogen and oxygen atoms in total. The number of carbonyl (C=O) groups is 2. The molecule has 29 heavy (non-hydrogen) atoms. The van der Waals surface area contributed by atoms with Crippen molar-refractivity contribution >= 4 is 23.2 Å². The van der Waals surface area contributed by atoms with Crippen LogP contribution in [0, 0.1) is 20.2 Å². The number of ether oxygens (including phenoxy) is 2. The Hall–Kier alpha value is -3.48. The molecule has 158 valence electrons. The molecule has 0 fully saturated rings. The molecule has 1 heterocycles. The lowest BCUT2D eigenvalue weighted by atomic mass is 10.2. The third-order valence-corrected chi connectivity index (χ3v) is 3.86. The summed E-state index contributed by atoms with van der Waals surface area (Å²) in [6.45, 7) is 1.19. The minimum atomic E-state index is -0.940. The van der Waals surface area contributed by atoms with Gasteiger partial charge in [0.25, 0.3) is 11.8 Å². The van der Waals surface area contributed by atoms with Crippen LogP contribution in [0.1, 0.15) is 12.8 Å². The Kier molecular flexibility index (Phi) is 8.09. The van der Waals surface area contributed by atoms with Gasteiger partial charge in [0.2, 0.25) is 0 Å². The fraction of sp³-hybridized carbons (Fsp3) is 0.500. The van der Waals surface area contributed by atoms with Gasteiger partial charge in [-0.25, -0.2) is 0 Å². The zero-order chi connectivity index (χ0) is 21.2. The Labute approximate surface area is 165 Å². The Morgan fingerprint density at radius 2 is 1.17 bits per heavy atom. The van der Waals surface area contributed by atoms with Gasteiger partial charge >= 0.3 is 11.4 Å². The largest absolute Gasteiger partial charge is 0.480 e. The second kappa shape index (κ2) is 10.8. The molecule has 0 spiro atoms. The smallest absolute Gasteiger partial charge is 0.350 e. The number of nitro benzene ring substituents is 2. The minimum Gasteiger partial charge on any atom is -0.480 e. The number of carbonyl (C=O) groups excluding carboxylic acids is 2. The summed E-state index contributed by atoms with van der Waals surface area (Å²) in [5.74, 6) is -1.45. The van der Waals surface area contributed by atoms with Crippen molar-refractivity contribution in [1.82, 2.24) is 16.0 Å². The van der Waals surface area contributed by atoms with E-state index in [9.17, 15) is 29.8 Å². The van der Waals surface area contributed by atoms with Crippen molar-refractivity contribution in [3.63, 3.8) is 0 Å². The first kappa shape index (κ1) is 21.8. The molecule has 13 heteroatoms. The SMILES string of the molecule is O=C1COc2cc([N+](=O)[O-])c([N+](=O)[O-])cc2OCC(=O)NCCCNCCCN1. The van der Waals surface area contributed by atoms with Gasteiger partial charge in [-0.2, -0.15) is 0 Å². The van der Waals surface area contributed by atoms with E-state index < -0.39 is 46.2 Å². The molecule has 2 rings (SSSR count). The normalized spacial score (nSPS) is 16.8. The minimum absolute atomic E-state index is 0.253. The topological polar surface area (TPSA) is 175 Å². The number of hydrogen-bond acceptors (Lipinski definition) is 9. The predicted octanol–water partition coefficient (Wildman–Crippen LogP) is -0.124. The zero-order valence-corrected chi connectivity index (χ0v) is 15.5. The van der Waals surface area contributed by atoms with Crippen LogP contribution in [0.2, 0.25) is 0 Å². The van der Waals surface area contributed by atoms with Crippen molar-refractivity contribution in [2.75, 3.05) is 39.4 Å². The van der Waals surface area contributed by atoms with Crippen molar-refractivity contribution in [2.24, 2.45) is 0 Å². The van der Waals surface area contributed by atoms with Gasteiger partial charge in [0, 0.05) is 13.1 Å². The van der Waals surface area contributed by atoms with E-state index >= 15 is 0 Å². The summed E-state index contributed by atoms with van der Waals surface area (Å²) in [5.41, 5.74) is -1.64. The van der Waals surface area contributed by atoms with Crippen molar-refractivity contribution in [1.29, 1.82) is 0 Å². The molecule has 1 aliphatic rings. The van der Waals surface area contributed by atoms with E-state index in [0.29, 0.717) is 39.0 Å². The maximum atomic E-state index is 11.9. The highest BCUT2D eigenvalue weighted by molar-refractivity contribution is 5.78. The molecule has 0 aliphatic carbocycles. The van der Waals surface area contributed by atoms with Gasteiger partial charge in [0.1, 0.15) is 0 Å². The lowest BCUT2D eigenvalue weighted by Crippen LogP contribution is -2.32. The number of hydrogen-bond donors (Lipinski definition) is 3. The van der Waals surface area contributed by atoms with E-state index in [1.165, 1.54) is 0 Å². The Morgan fingerprint density at radius 1 is 0.759 bits per heavy atom. The van der Waals surface area contributed by atoms with E-state index in [4.69, 9.17) is 9.47 Å². The summed E-state index contributed by atoms with van der Waals surface area (Å²) >= 11 is 0. The Morgan fingerprint density at radius 3 is 1.55 bits per heavy atom. The van der Waals surface area contributed by atoms with Gasteiger partial charge in [-0.3, -0.25) is 29.8 Å². The predicted molar refractivity (Wildman–Crippen MR) is 98.9 cm³/mol. The molecule has 0 radical (unpaired) electrons. The molecule has 3 N–H and O–H groups in total. The molecule has 1 aromatic carbocycles. The molecule has 1 aromatic rings. The second-order valence-electron chi connectivity index (χ2n) is 6.04. The van der Waals surface area contributed by atoms with Gasteiger partial charge in [-0.05, 0) is 25.9 Å². The first-order chi connectivity index (χ1) is 13.9. The fourth-order valence-electron chi connectivity index (χ4n) is 2.45. The highest BCUT2D eigenvalue weighted by Crippen LogP contribution is 2.39. The standard InChI is InChI=1S/C16H21N5O8/c22-15-9-28-13-7-11(20(24)25)12(21(26)27)8-14(13)29-10-16(23)19-6-2-4-17-3-1-5-18-15/h7-8,17H,1-6,9-10H2,(H,18,22)(H,19,23). The Balaban J connectivity index is 2.27. The molecule has 0 atom stereocenters. The number of rotatable bonds is 2. The summed E-state index contributed by atoms with van der Waals surface area (Å²) in [4.78, 5) is 44.2. The average Bonchev–Trinajstić information content (AvgIpc) is 2.68. The lowest BCUT2D eigenvalue weighted by Gasteiger charge is -2.13. The zero-order valence-electron chi connectivity index (χ0n) is 15.5. The first-order valence-electron chi connectivity index (χ1n) is 8.85. The summed E-state index contributed by atoms with van der Waals surface area (Å²) in [6, 6.07) is 1.60. The first-order valence-corrected chi connectivity index (χ1v) is 8.85. The monoisotopic (exact) mass is 411 g/mol. The van der Waals surface area contributed by atoms with Crippen LogP contribution in [0.5, 0.6) is 11.5 Å². The summed E-state index contributed by atoms with van der Waals surface area (Å²) in [7, 11) is 0. The lowest BCUT2D eigenvalue weighted by molar-refractivity contribution is -0.422. The van der Waals surface area contributed by atoms with Crippen LogP contribution in [0.4, 0.5) is 11.4 Å². The fourth-order valence-corrected chi connectivity index (χ4v) is 2.45. The highest BCUT2D eigenvalue weighted by atomic mass is 16.6. The number of nitrogens with zero attached hydrogens (tertiary/aromatic N) is 2. The van der Waals surface area contributed by atoms with Crippen LogP contribution in [0.25, 0.3) is 0 Å². The summed E-state index contributed by atoms with van der Waals surface area (Å²) in [6.07, 6.45) is 1.35. The van der Waals surface area contributed by atoms with Crippen molar-refractivity contribution in [3.05, 3.63) is 32.4 Å². The molecule has 0 bridgehead atoms. The number of amides is 2. The van der Waals surface area contributed by atoms with E-state index in [-0.39, 0.29) is 11.5 Å². The van der Waals surface area contributed by atoms with Crippen LogP contribution >= 0.6 is 0 Å². The van der Waals surface area contributed by atoms with E-state index in [1.54, 1.807) is 0 Å². The third kappa shape index (κ3) is 6.88. The van der Waals surface area contributed by atoms with Gasteiger partial charge in [-0.1, -0.05) is 0 Å². The highest BCUT2D eigenvalue weighted by Gasteiger charge is 2.29. The molecular formula is C16H21N5O8. The van der Waals surface area contributed by atoms with Crippen LogP contribution in [-0.2, 0) is 9.59 Å². The number of nitrogens with one attached hydrogen (secondary N) is 3. The average molecular weight is 411 g/mol. The maximum Gasteiger partial charge on any atom is 0.350 e. The maximum absolute atomic E-state index is 11.9. The van der Waals surface area contributed by atoms with Gasteiger partial charge in [0.05, 0.1) is 22.0 Å². The number of fused-ring (bicyclic) bond motifs is 1. The van der Waals surface area contributed by atoms with Gasteiger partial charge in [-0.15, -0.1) is 0 Å². The molecular weight excluding hydrogens is 390 g/mol. The van der Waals surface area contributed by atoms with Crippen LogP contribution in [-0.4, -0.2) is 61.1 Å². The van der Waals surface area contributed by atoms with Crippen molar-refractivity contribution in [2.45, 2.75) is 12.8 Å². The van der Waals surface area contributed by atoms with Crippen LogP contribution < -0.4 is 25.4 Å². The van der Waals surface area contributed by atoms with Crippen LogP contribution in [0.15, 0.2) is 12.1 Å². The van der Waals surface area contributed by atoms with Crippen molar-refractivity contribution < 1.29 is 28.9 Å². The summed E-state index contributed by atoms with van der Waals surface area (Å²) in [5, 5.41) is 30.7. The quantitative estimate of drug-likeness (QED) is 0.442. The third-order valence-electron chi connectivity index (χ3n) is 3.86. The molecule has 0 unspecified atom stereocenters. The Bertz CT molecular complexity index is 722. The van der Waals surface area contributed by atoms with E-state index in [2.05, 4.69) is 16.0 Å². The molecule has 0 aromatic heterocycles. The van der Waals surface area contributed by atoms with Gasteiger partial charge in [0.15, 0.2) is 24.7 Å². The number of nitro groups is 2. The molecule has 2 amide bonds. The number of benzene rings is 1.